The zero-order valence-corrected chi connectivity index (χ0v) is 19.5. The number of thiophene rings is 1. The van der Waals surface area contributed by atoms with Crippen LogP contribution >= 0.6 is 11.3 Å². The number of aromatic hydroxyl groups is 1. The molecule has 32 heavy (non-hydrogen) atoms. The summed E-state index contributed by atoms with van der Waals surface area (Å²) in [7, 11) is 2.90. The largest absolute Gasteiger partial charge is 0.507 e. The number of Topliss-reactive ketones (excluding diaryl/α,β-unsaturated/α-hetero) is 1. The minimum absolute atomic E-state index is 0.178. The molecule has 1 amide bonds. The van der Waals surface area contributed by atoms with Crippen molar-refractivity contribution in [1.82, 2.24) is 5.32 Å². The quantitative estimate of drug-likeness (QED) is 0.476. The van der Waals surface area contributed by atoms with Crippen molar-refractivity contribution in [1.29, 1.82) is 0 Å². The first kappa shape index (κ1) is 25.4. The Morgan fingerprint density at radius 1 is 1.25 bits per heavy atom. The van der Waals surface area contributed by atoms with Crippen LogP contribution in [0.25, 0.3) is 0 Å². The smallest absolute Gasteiger partial charge is 0.410 e. The fourth-order valence-corrected chi connectivity index (χ4v) is 4.24. The first-order valence-electron chi connectivity index (χ1n) is 10.2. The van der Waals surface area contributed by atoms with Gasteiger partial charge in [-0.15, -0.1) is 11.3 Å². The second-order valence-electron chi connectivity index (χ2n) is 7.48. The first-order chi connectivity index (χ1) is 15.3. The molecule has 2 rings (SSSR count). The van der Waals surface area contributed by atoms with Gasteiger partial charge in [0.05, 0.1) is 13.7 Å². The van der Waals surface area contributed by atoms with Gasteiger partial charge in [0.1, 0.15) is 17.1 Å². The van der Waals surface area contributed by atoms with E-state index >= 15 is 0 Å². The maximum atomic E-state index is 12.8. The molecule has 0 aliphatic rings. The van der Waals surface area contributed by atoms with E-state index in [9.17, 15) is 19.5 Å². The van der Waals surface area contributed by atoms with Gasteiger partial charge in [0.15, 0.2) is 5.78 Å². The summed E-state index contributed by atoms with van der Waals surface area (Å²) in [6.07, 6.45) is 4.31. The molecule has 0 fully saturated rings. The molecule has 2 aromatic rings. The third-order valence-electron chi connectivity index (χ3n) is 4.91. The summed E-state index contributed by atoms with van der Waals surface area (Å²) in [6.45, 7) is 4.08. The van der Waals surface area contributed by atoms with Crippen molar-refractivity contribution in [2.75, 3.05) is 14.2 Å². The SMILES string of the molecule is COCc1ccc(CC(C)C(=O)c2c(O)cc(C(C)CC/C=C/NC(=O)OC)oc2=O)s1. The maximum Gasteiger partial charge on any atom is 0.410 e. The first-order valence-corrected chi connectivity index (χ1v) is 11.1. The van der Waals surface area contributed by atoms with Gasteiger partial charge in [-0.25, -0.2) is 9.59 Å². The summed E-state index contributed by atoms with van der Waals surface area (Å²) in [4.78, 5) is 38.4. The molecule has 8 nitrogen and oxygen atoms in total. The maximum absolute atomic E-state index is 12.8. The topological polar surface area (TPSA) is 115 Å². The Bertz CT molecular complexity index is 1010. The van der Waals surface area contributed by atoms with Crippen LogP contribution in [0, 0.1) is 5.92 Å². The Kier molecular flexibility index (Phi) is 9.67. The van der Waals surface area contributed by atoms with Crippen LogP contribution < -0.4 is 10.9 Å². The molecule has 174 valence electrons. The fourth-order valence-electron chi connectivity index (χ4n) is 3.12. The van der Waals surface area contributed by atoms with E-state index in [4.69, 9.17) is 9.15 Å². The lowest BCUT2D eigenvalue weighted by molar-refractivity contribution is 0.0922. The number of ketones is 1. The van der Waals surface area contributed by atoms with Crippen LogP contribution in [0.2, 0.25) is 0 Å². The molecule has 2 unspecified atom stereocenters. The lowest BCUT2D eigenvalue weighted by Crippen LogP contribution is -2.22. The summed E-state index contributed by atoms with van der Waals surface area (Å²) in [5.41, 5.74) is -1.15. The summed E-state index contributed by atoms with van der Waals surface area (Å²) in [5.74, 6) is -1.19. The van der Waals surface area contributed by atoms with E-state index in [1.54, 1.807) is 31.4 Å². The molecule has 0 saturated heterocycles. The highest BCUT2D eigenvalue weighted by Crippen LogP contribution is 2.27. The van der Waals surface area contributed by atoms with Crippen LogP contribution in [0.5, 0.6) is 5.75 Å². The predicted octanol–water partition coefficient (Wildman–Crippen LogP) is 4.37. The number of carbonyl (C=O) groups excluding carboxylic acids is 2. The normalized spacial score (nSPS) is 13.1. The molecule has 0 saturated carbocycles. The molecule has 9 heteroatoms. The van der Waals surface area contributed by atoms with Gasteiger partial charge in [-0.05, 0) is 31.4 Å². The number of carbonyl (C=O) groups is 2. The molecule has 0 aliphatic carbocycles. The number of allylic oxidation sites excluding steroid dienone is 1. The highest BCUT2D eigenvalue weighted by atomic mass is 32.1. The van der Waals surface area contributed by atoms with Crippen molar-refractivity contribution < 1.29 is 28.6 Å². The Hall–Kier alpha value is -2.91. The van der Waals surface area contributed by atoms with Crippen LogP contribution in [0.4, 0.5) is 4.79 Å². The minimum Gasteiger partial charge on any atom is -0.507 e. The van der Waals surface area contributed by atoms with Gasteiger partial charge < -0.3 is 19.0 Å². The zero-order chi connectivity index (χ0) is 23.7. The molecule has 2 N–H and O–H groups in total. The van der Waals surface area contributed by atoms with Crippen LogP contribution in [0.1, 0.15) is 58.5 Å². The summed E-state index contributed by atoms with van der Waals surface area (Å²) in [5, 5.41) is 12.8. The van der Waals surface area contributed by atoms with Crippen LogP contribution in [-0.2, 0) is 22.5 Å². The number of hydrogen-bond acceptors (Lipinski definition) is 8. The number of methoxy groups -OCH3 is 2. The van der Waals surface area contributed by atoms with Gasteiger partial charge in [-0.1, -0.05) is 19.9 Å². The van der Waals surface area contributed by atoms with E-state index in [1.807, 2.05) is 19.1 Å². The van der Waals surface area contributed by atoms with E-state index in [0.717, 1.165) is 9.75 Å². The van der Waals surface area contributed by atoms with Crippen LogP contribution in [0.3, 0.4) is 0 Å². The molecule has 0 spiro atoms. The second kappa shape index (κ2) is 12.2. The van der Waals surface area contributed by atoms with E-state index in [1.165, 1.54) is 19.4 Å². The van der Waals surface area contributed by atoms with Crippen molar-refractivity contribution in [3.63, 3.8) is 0 Å². The average Bonchev–Trinajstić information content (AvgIpc) is 3.19. The molecule has 2 atom stereocenters. The Morgan fingerprint density at radius 3 is 2.62 bits per heavy atom. The highest BCUT2D eigenvalue weighted by molar-refractivity contribution is 7.11. The number of hydrogen-bond donors (Lipinski definition) is 2. The van der Waals surface area contributed by atoms with E-state index < -0.39 is 23.4 Å². The summed E-state index contributed by atoms with van der Waals surface area (Å²) in [6, 6.07) is 5.22. The highest BCUT2D eigenvalue weighted by Gasteiger charge is 2.25. The molecule has 0 radical (unpaired) electrons. The molecule has 0 bridgehead atoms. The summed E-state index contributed by atoms with van der Waals surface area (Å²) < 4.78 is 14.9. The predicted molar refractivity (Wildman–Crippen MR) is 121 cm³/mol. The summed E-state index contributed by atoms with van der Waals surface area (Å²) >= 11 is 1.55. The number of ether oxygens (including phenoxy) is 2. The van der Waals surface area contributed by atoms with Crippen molar-refractivity contribution in [2.24, 2.45) is 5.92 Å². The number of rotatable bonds is 11. The van der Waals surface area contributed by atoms with Crippen molar-refractivity contribution in [3.05, 3.63) is 62.0 Å². The number of amides is 1. The lowest BCUT2D eigenvalue weighted by atomic mass is 9.95. The Labute approximate surface area is 190 Å². The standard InChI is InChI=1S/C23H29NO7S/c1-14(7-5-6-10-24-23(28)30-4)19-12-18(25)20(22(27)31-19)21(26)15(2)11-16-8-9-17(32-16)13-29-3/h6,8-10,12,14-15,25H,5,7,11,13H2,1-4H3,(H,24,28)/b10-6+. The molecule has 0 aliphatic heterocycles. The Balaban J connectivity index is 2.03. The molecule has 0 aromatic carbocycles. The van der Waals surface area contributed by atoms with Gasteiger partial charge in [-0.3, -0.25) is 10.1 Å². The number of alkyl carbamates (subject to hydrolysis) is 1. The molecule has 2 heterocycles. The second-order valence-corrected chi connectivity index (χ2v) is 8.74. The molecular weight excluding hydrogens is 434 g/mol. The van der Waals surface area contributed by atoms with Gasteiger partial charge >= 0.3 is 11.7 Å². The van der Waals surface area contributed by atoms with Gasteiger partial charge in [-0.2, -0.15) is 0 Å². The van der Waals surface area contributed by atoms with Crippen LogP contribution in [0.15, 0.2) is 39.7 Å². The van der Waals surface area contributed by atoms with Crippen molar-refractivity contribution in [2.45, 2.75) is 45.6 Å². The van der Waals surface area contributed by atoms with Gasteiger partial charge in [0, 0.05) is 41.0 Å². The minimum atomic E-state index is -0.835. The average molecular weight is 464 g/mol. The van der Waals surface area contributed by atoms with Crippen molar-refractivity contribution >= 4 is 23.2 Å². The van der Waals surface area contributed by atoms with Gasteiger partial charge in [0.25, 0.3) is 0 Å². The van der Waals surface area contributed by atoms with E-state index in [-0.39, 0.29) is 17.2 Å². The van der Waals surface area contributed by atoms with Crippen molar-refractivity contribution in [3.8, 4) is 5.75 Å². The third kappa shape index (κ3) is 7.06. The fraction of sp³-hybridized carbons (Fsp3) is 0.435. The molecular formula is C23H29NO7S. The third-order valence-corrected chi connectivity index (χ3v) is 5.99. The van der Waals surface area contributed by atoms with Gasteiger partial charge in [0.2, 0.25) is 0 Å². The van der Waals surface area contributed by atoms with E-state index in [2.05, 4.69) is 10.1 Å². The van der Waals surface area contributed by atoms with E-state index in [0.29, 0.717) is 31.6 Å². The number of nitrogens with one attached hydrogen (secondary N) is 1. The van der Waals surface area contributed by atoms with Crippen LogP contribution in [-0.4, -0.2) is 31.2 Å². The lowest BCUT2D eigenvalue weighted by Gasteiger charge is -2.13. The molecule has 2 aromatic heterocycles. The monoisotopic (exact) mass is 463 g/mol. The Morgan fingerprint density at radius 2 is 1.97 bits per heavy atom. The zero-order valence-electron chi connectivity index (χ0n) is 18.7.